The van der Waals surface area contributed by atoms with Crippen LogP contribution < -0.4 is 10.5 Å². The lowest BCUT2D eigenvalue weighted by molar-refractivity contribution is -0.174. The third-order valence-corrected chi connectivity index (χ3v) is 4.01. The molecule has 0 aliphatic carbocycles. The van der Waals surface area contributed by atoms with Gasteiger partial charge in [-0.3, -0.25) is 0 Å². The maximum Gasteiger partial charge on any atom is 0.379 e. The van der Waals surface area contributed by atoms with E-state index in [-0.39, 0.29) is 12.2 Å². The predicted octanol–water partition coefficient (Wildman–Crippen LogP) is 4.08. The van der Waals surface area contributed by atoms with Gasteiger partial charge in [0.25, 0.3) is 0 Å². The van der Waals surface area contributed by atoms with Crippen LogP contribution in [0.2, 0.25) is 0 Å². The number of hydrogen-bond donors (Lipinski definition) is 1. The number of hydrogen-bond acceptors (Lipinski definition) is 4. The number of rotatable bonds is 7. The van der Waals surface area contributed by atoms with Crippen molar-refractivity contribution in [1.29, 1.82) is 0 Å². The lowest BCUT2D eigenvalue weighted by atomic mass is 9.96. The van der Waals surface area contributed by atoms with Crippen molar-refractivity contribution in [3.63, 3.8) is 0 Å². The van der Waals surface area contributed by atoms with E-state index >= 15 is 0 Å². The fourth-order valence-electron chi connectivity index (χ4n) is 2.68. The zero-order valence-electron chi connectivity index (χ0n) is 15.1. The smallest absolute Gasteiger partial charge is 0.379 e. The highest BCUT2D eigenvalue weighted by Crippen LogP contribution is 2.34. The Bertz CT molecular complexity index is 740. The molecular weight excluding hydrogens is 340 g/mol. The predicted molar refractivity (Wildman–Crippen MR) is 95.2 cm³/mol. The molecule has 2 rings (SSSR count). The first kappa shape index (κ1) is 19.8. The van der Waals surface area contributed by atoms with E-state index < -0.39 is 17.9 Å². The number of aryl methyl sites for hydroxylation is 2. The molecule has 0 aliphatic heterocycles. The van der Waals surface area contributed by atoms with Crippen molar-refractivity contribution in [2.24, 2.45) is 5.73 Å². The van der Waals surface area contributed by atoms with Crippen molar-refractivity contribution < 1.29 is 23.0 Å². The first-order valence-electron chi connectivity index (χ1n) is 8.35. The SMILES string of the molecule is CCOC(=O)C(F)(F)[C@H](N)c1cc(C)c(OCc2ccccc2)c(C)c1. The number of nitrogens with two attached hydrogens (primary N) is 1. The molecule has 6 heteroatoms. The Morgan fingerprint density at radius 3 is 2.27 bits per heavy atom. The van der Waals surface area contributed by atoms with Gasteiger partial charge in [-0.15, -0.1) is 0 Å². The van der Waals surface area contributed by atoms with Gasteiger partial charge in [0, 0.05) is 0 Å². The largest absolute Gasteiger partial charge is 0.488 e. The molecule has 0 amide bonds. The average molecular weight is 363 g/mol. The molecule has 2 N–H and O–H groups in total. The molecule has 2 aromatic carbocycles. The molecule has 0 fully saturated rings. The Balaban J connectivity index is 2.21. The Hall–Kier alpha value is -2.47. The van der Waals surface area contributed by atoms with Gasteiger partial charge in [-0.1, -0.05) is 42.5 Å². The quantitative estimate of drug-likeness (QED) is 0.753. The summed E-state index contributed by atoms with van der Waals surface area (Å²) in [5.74, 6) is -4.81. The van der Waals surface area contributed by atoms with E-state index in [9.17, 15) is 13.6 Å². The van der Waals surface area contributed by atoms with Crippen molar-refractivity contribution in [1.82, 2.24) is 0 Å². The highest BCUT2D eigenvalue weighted by molar-refractivity contribution is 5.79. The molecule has 0 spiro atoms. The summed E-state index contributed by atoms with van der Waals surface area (Å²) in [5, 5.41) is 0. The first-order chi connectivity index (χ1) is 12.3. The number of carbonyl (C=O) groups is 1. The summed E-state index contributed by atoms with van der Waals surface area (Å²) >= 11 is 0. The zero-order valence-corrected chi connectivity index (χ0v) is 15.1. The summed E-state index contributed by atoms with van der Waals surface area (Å²) in [6, 6.07) is 10.9. The van der Waals surface area contributed by atoms with Crippen LogP contribution in [0.5, 0.6) is 5.75 Å². The first-order valence-corrected chi connectivity index (χ1v) is 8.35. The van der Waals surface area contributed by atoms with Gasteiger partial charge in [-0.2, -0.15) is 8.78 Å². The summed E-state index contributed by atoms with van der Waals surface area (Å²) < 4.78 is 38.6. The minimum Gasteiger partial charge on any atom is -0.488 e. The molecule has 0 saturated carbocycles. The van der Waals surface area contributed by atoms with E-state index in [2.05, 4.69) is 4.74 Å². The maximum atomic E-state index is 14.2. The highest BCUT2D eigenvalue weighted by atomic mass is 19.3. The minimum absolute atomic E-state index is 0.133. The molecule has 4 nitrogen and oxygen atoms in total. The van der Waals surface area contributed by atoms with E-state index in [1.54, 1.807) is 13.8 Å². The monoisotopic (exact) mass is 363 g/mol. The Kier molecular flexibility index (Phi) is 6.32. The Morgan fingerprint density at radius 1 is 1.15 bits per heavy atom. The van der Waals surface area contributed by atoms with E-state index in [1.165, 1.54) is 19.1 Å². The van der Waals surface area contributed by atoms with Gasteiger partial charge in [-0.05, 0) is 43.0 Å². The molecule has 1 atom stereocenters. The van der Waals surface area contributed by atoms with Gasteiger partial charge >= 0.3 is 11.9 Å². The highest BCUT2D eigenvalue weighted by Gasteiger charge is 2.47. The average Bonchev–Trinajstić information content (AvgIpc) is 2.61. The summed E-state index contributed by atoms with van der Waals surface area (Å²) in [6.45, 7) is 5.21. The number of carbonyl (C=O) groups excluding carboxylic acids is 1. The van der Waals surface area contributed by atoms with Crippen LogP contribution in [0.4, 0.5) is 8.78 Å². The number of halogens is 2. The molecule has 26 heavy (non-hydrogen) atoms. The Morgan fingerprint density at radius 2 is 1.73 bits per heavy atom. The van der Waals surface area contributed by atoms with Crippen LogP contribution in [0.15, 0.2) is 42.5 Å². The Labute approximate surface area is 151 Å². The van der Waals surface area contributed by atoms with Gasteiger partial charge in [0.1, 0.15) is 18.4 Å². The third-order valence-electron chi connectivity index (χ3n) is 4.01. The minimum atomic E-state index is -3.80. The van der Waals surface area contributed by atoms with Crippen LogP contribution in [0, 0.1) is 13.8 Å². The zero-order chi connectivity index (χ0) is 19.3. The third kappa shape index (κ3) is 4.38. The van der Waals surface area contributed by atoms with Crippen LogP contribution in [0.1, 0.15) is 35.2 Å². The molecule has 0 radical (unpaired) electrons. The lowest BCUT2D eigenvalue weighted by Gasteiger charge is -2.23. The molecule has 0 bridgehead atoms. The van der Waals surface area contributed by atoms with E-state index in [0.29, 0.717) is 23.5 Å². The summed E-state index contributed by atoms with van der Waals surface area (Å²) in [6.07, 6.45) is 0. The van der Waals surface area contributed by atoms with E-state index in [1.807, 2.05) is 30.3 Å². The van der Waals surface area contributed by atoms with Crippen LogP contribution in [0.3, 0.4) is 0 Å². The van der Waals surface area contributed by atoms with Gasteiger partial charge < -0.3 is 15.2 Å². The standard InChI is InChI=1S/C20H23F2NO3/c1-4-25-19(24)20(21,22)18(23)16-10-13(2)17(14(3)11-16)26-12-15-8-6-5-7-9-15/h5-11,18H,4,12,23H2,1-3H3/t18-/m1/s1. The molecule has 0 aromatic heterocycles. The summed E-state index contributed by atoms with van der Waals surface area (Å²) in [4.78, 5) is 11.5. The van der Waals surface area contributed by atoms with Crippen LogP contribution >= 0.6 is 0 Å². The maximum absolute atomic E-state index is 14.2. The van der Waals surface area contributed by atoms with Crippen molar-refractivity contribution in [2.75, 3.05) is 6.61 Å². The normalized spacial score (nSPS) is 12.5. The van der Waals surface area contributed by atoms with E-state index in [0.717, 1.165) is 5.56 Å². The molecule has 0 heterocycles. The number of ether oxygens (including phenoxy) is 2. The molecule has 2 aromatic rings. The number of benzene rings is 2. The second-order valence-electron chi connectivity index (χ2n) is 6.08. The van der Waals surface area contributed by atoms with Crippen LogP contribution in [-0.2, 0) is 16.1 Å². The fourth-order valence-corrected chi connectivity index (χ4v) is 2.68. The molecule has 0 unspecified atom stereocenters. The van der Waals surface area contributed by atoms with Crippen molar-refractivity contribution in [3.05, 3.63) is 64.7 Å². The number of alkyl halides is 2. The van der Waals surface area contributed by atoms with Gasteiger partial charge in [0.2, 0.25) is 0 Å². The van der Waals surface area contributed by atoms with Crippen molar-refractivity contribution in [3.8, 4) is 5.75 Å². The molecule has 0 saturated heterocycles. The second-order valence-corrected chi connectivity index (χ2v) is 6.08. The fraction of sp³-hybridized carbons (Fsp3) is 0.350. The summed E-state index contributed by atoms with van der Waals surface area (Å²) in [5.41, 5.74) is 8.17. The molecule has 0 aliphatic rings. The van der Waals surface area contributed by atoms with Gasteiger partial charge in [0.05, 0.1) is 6.61 Å². The molecule has 140 valence electrons. The van der Waals surface area contributed by atoms with Crippen molar-refractivity contribution in [2.45, 2.75) is 39.3 Å². The van der Waals surface area contributed by atoms with Crippen LogP contribution in [-0.4, -0.2) is 18.5 Å². The van der Waals surface area contributed by atoms with Gasteiger partial charge in [0.15, 0.2) is 0 Å². The topological polar surface area (TPSA) is 61.5 Å². The second kappa shape index (κ2) is 8.27. The number of esters is 1. The van der Waals surface area contributed by atoms with Crippen molar-refractivity contribution >= 4 is 5.97 Å². The molecular formula is C20H23F2NO3. The van der Waals surface area contributed by atoms with Crippen LogP contribution in [0.25, 0.3) is 0 Å². The van der Waals surface area contributed by atoms with Gasteiger partial charge in [-0.25, -0.2) is 4.79 Å². The van der Waals surface area contributed by atoms with E-state index in [4.69, 9.17) is 10.5 Å². The lowest BCUT2D eigenvalue weighted by Crippen LogP contribution is -2.41. The summed E-state index contributed by atoms with van der Waals surface area (Å²) in [7, 11) is 0.